The summed E-state index contributed by atoms with van der Waals surface area (Å²) < 4.78 is 5.04. The average molecular weight is 300 g/mol. The van der Waals surface area contributed by atoms with Crippen LogP contribution in [0, 0.1) is 13.8 Å². The topological polar surface area (TPSA) is 59.1 Å². The lowest BCUT2D eigenvalue weighted by atomic mass is 10.1. The number of nitrogens with zero attached hydrogens (tertiary/aromatic N) is 2. The molecule has 0 aliphatic heterocycles. The van der Waals surface area contributed by atoms with E-state index in [2.05, 4.69) is 51.8 Å². The van der Waals surface area contributed by atoms with Crippen LogP contribution in [0.15, 0.2) is 30.3 Å². The number of hydrogen-bond acceptors (Lipinski definition) is 5. The van der Waals surface area contributed by atoms with E-state index in [0.29, 0.717) is 0 Å². The highest BCUT2D eigenvalue weighted by Crippen LogP contribution is 2.13. The van der Waals surface area contributed by atoms with Gasteiger partial charge in [0.25, 0.3) is 0 Å². The van der Waals surface area contributed by atoms with E-state index in [9.17, 15) is 0 Å². The molecular formula is C17H24N4O. The van der Waals surface area contributed by atoms with Gasteiger partial charge in [-0.05, 0) is 25.8 Å². The molecule has 0 unspecified atom stereocenters. The molecule has 0 atom stereocenters. The van der Waals surface area contributed by atoms with Gasteiger partial charge in [0.15, 0.2) is 0 Å². The van der Waals surface area contributed by atoms with E-state index < -0.39 is 0 Å². The Bertz CT molecular complexity index is 601. The molecule has 2 N–H and O–H groups in total. The number of ether oxygens (including phenoxy) is 1. The predicted molar refractivity (Wildman–Crippen MR) is 90.3 cm³/mol. The number of nitrogens with one attached hydrogen (secondary N) is 2. The van der Waals surface area contributed by atoms with Gasteiger partial charge in [0.1, 0.15) is 17.5 Å². The zero-order chi connectivity index (χ0) is 15.8. The summed E-state index contributed by atoms with van der Waals surface area (Å²) in [5.74, 6) is 2.43. The second-order valence-electron chi connectivity index (χ2n) is 5.30. The van der Waals surface area contributed by atoms with Gasteiger partial charge in [-0.3, -0.25) is 0 Å². The molecule has 2 aromatic rings. The fraction of sp³-hybridized carbons (Fsp3) is 0.412. The van der Waals surface area contributed by atoms with Crippen molar-refractivity contribution in [1.29, 1.82) is 0 Å². The molecule has 2 rings (SSSR count). The summed E-state index contributed by atoms with van der Waals surface area (Å²) in [6.45, 7) is 6.33. The first-order valence-corrected chi connectivity index (χ1v) is 7.55. The minimum Gasteiger partial charge on any atom is -0.385 e. The van der Waals surface area contributed by atoms with Crippen LogP contribution in [-0.2, 0) is 11.3 Å². The largest absolute Gasteiger partial charge is 0.385 e. The van der Waals surface area contributed by atoms with Crippen LogP contribution in [-0.4, -0.2) is 30.2 Å². The van der Waals surface area contributed by atoms with Crippen LogP contribution in [0.25, 0.3) is 0 Å². The number of methoxy groups -OCH3 is 1. The smallest absolute Gasteiger partial charge is 0.132 e. The molecule has 0 fully saturated rings. The van der Waals surface area contributed by atoms with Crippen LogP contribution < -0.4 is 10.6 Å². The first-order valence-electron chi connectivity index (χ1n) is 7.55. The van der Waals surface area contributed by atoms with E-state index in [1.165, 1.54) is 11.1 Å². The van der Waals surface area contributed by atoms with Crippen molar-refractivity contribution in [2.24, 2.45) is 0 Å². The summed E-state index contributed by atoms with van der Waals surface area (Å²) in [4.78, 5) is 8.83. The first kappa shape index (κ1) is 16.2. The summed E-state index contributed by atoms with van der Waals surface area (Å²) in [7, 11) is 1.71. The number of benzene rings is 1. The summed E-state index contributed by atoms with van der Waals surface area (Å²) in [5.41, 5.74) is 2.50. The molecule has 0 saturated heterocycles. The normalized spacial score (nSPS) is 10.5. The minimum atomic E-state index is 0.746. The van der Waals surface area contributed by atoms with E-state index in [1.807, 2.05) is 13.0 Å². The molecule has 1 aromatic carbocycles. The van der Waals surface area contributed by atoms with Gasteiger partial charge < -0.3 is 15.4 Å². The first-order chi connectivity index (χ1) is 10.7. The van der Waals surface area contributed by atoms with Gasteiger partial charge in [-0.15, -0.1) is 0 Å². The van der Waals surface area contributed by atoms with Crippen molar-refractivity contribution in [2.75, 3.05) is 30.9 Å². The molecule has 1 aromatic heterocycles. The van der Waals surface area contributed by atoms with Crippen molar-refractivity contribution in [2.45, 2.75) is 26.8 Å². The fourth-order valence-electron chi connectivity index (χ4n) is 2.20. The van der Waals surface area contributed by atoms with E-state index in [0.717, 1.165) is 43.6 Å². The SMILES string of the molecule is COCCCNc1cc(NCc2cccc(C)c2)nc(C)n1. The lowest BCUT2D eigenvalue weighted by molar-refractivity contribution is 0.198. The van der Waals surface area contributed by atoms with Crippen LogP contribution in [0.1, 0.15) is 23.4 Å². The molecule has 0 amide bonds. The Balaban J connectivity index is 1.94. The molecule has 0 spiro atoms. The van der Waals surface area contributed by atoms with Gasteiger partial charge in [0, 0.05) is 32.9 Å². The summed E-state index contributed by atoms with van der Waals surface area (Å²) in [6, 6.07) is 10.4. The van der Waals surface area contributed by atoms with E-state index >= 15 is 0 Å². The Morgan fingerprint density at radius 1 is 1.05 bits per heavy atom. The third kappa shape index (κ3) is 5.33. The average Bonchev–Trinajstić information content (AvgIpc) is 2.49. The molecule has 0 saturated carbocycles. The second-order valence-corrected chi connectivity index (χ2v) is 5.30. The second kappa shape index (κ2) is 8.34. The van der Waals surface area contributed by atoms with Crippen LogP contribution in [0.2, 0.25) is 0 Å². The van der Waals surface area contributed by atoms with Crippen molar-refractivity contribution >= 4 is 11.6 Å². The van der Waals surface area contributed by atoms with Crippen molar-refractivity contribution < 1.29 is 4.74 Å². The molecule has 0 aliphatic carbocycles. The minimum absolute atomic E-state index is 0.746. The Kier molecular flexibility index (Phi) is 6.15. The van der Waals surface area contributed by atoms with Crippen LogP contribution in [0.3, 0.4) is 0 Å². The maximum Gasteiger partial charge on any atom is 0.132 e. The molecule has 0 bridgehead atoms. The summed E-state index contributed by atoms with van der Waals surface area (Å²) in [5, 5.41) is 6.65. The number of aryl methyl sites for hydroxylation is 2. The molecule has 1 heterocycles. The predicted octanol–water partition coefficient (Wildman–Crippen LogP) is 3.15. The highest BCUT2D eigenvalue weighted by Gasteiger charge is 2.02. The molecular weight excluding hydrogens is 276 g/mol. The third-order valence-electron chi connectivity index (χ3n) is 3.23. The molecule has 0 aliphatic rings. The van der Waals surface area contributed by atoms with Gasteiger partial charge in [-0.25, -0.2) is 9.97 Å². The van der Waals surface area contributed by atoms with Crippen molar-refractivity contribution in [3.63, 3.8) is 0 Å². The van der Waals surface area contributed by atoms with E-state index in [1.54, 1.807) is 7.11 Å². The number of hydrogen-bond donors (Lipinski definition) is 2. The number of anilines is 2. The van der Waals surface area contributed by atoms with Crippen LogP contribution >= 0.6 is 0 Å². The van der Waals surface area contributed by atoms with Crippen LogP contribution in [0.4, 0.5) is 11.6 Å². The van der Waals surface area contributed by atoms with Gasteiger partial charge in [-0.1, -0.05) is 29.8 Å². The monoisotopic (exact) mass is 300 g/mol. The van der Waals surface area contributed by atoms with Crippen molar-refractivity contribution in [1.82, 2.24) is 9.97 Å². The lowest BCUT2D eigenvalue weighted by Crippen LogP contribution is -2.09. The molecule has 118 valence electrons. The van der Waals surface area contributed by atoms with Gasteiger partial charge in [0.2, 0.25) is 0 Å². The Morgan fingerprint density at radius 3 is 2.55 bits per heavy atom. The maximum absolute atomic E-state index is 5.04. The fourth-order valence-corrected chi connectivity index (χ4v) is 2.20. The maximum atomic E-state index is 5.04. The zero-order valence-corrected chi connectivity index (χ0v) is 13.5. The van der Waals surface area contributed by atoms with Gasteiger partial charge >= 0.3 is 0 Å². The van der Waals surface area contributed by atoms with Crippen molar-refractivity contribution in [3.05, 3.63) is 47.3 Å². The molecule has 22 heavy (non-hydrogen) atoms. The van der Waals surface area contributed by atoms with Gasteiger partial charge in [0.05, 0.1) is 0 Å². The number of aromatic nitrogens is 2. The molecule has 0 radical (unpaired) electrons. The van der Waals surface area contributed by atoms with E-state index in [4.69, 9.17) is 4.74 Å². The zero-order valence-electron chi connectivity index (χ0n) is 13.5. The third-order valence-corrected chi connectivity index (χ3v) is 3.23. The summed E-state index contributed by atoms with van der Waals surface area (Å²) in [6.07, 6.45) is 0.950. The Morgan fingerprint density at radius 2 is 1.82 bits per heavy atom. The summed E-state index contributed by atoms with van der Waals surface area (Å²) >= 11 is 0. The Labute approximate surface area is 132 Å². The molecule has 5 nitrogen and oxygen atoms in total. The standard InChI is InChI=1S/C17H24N4O/c1-13-6-4-7-15(10-13)12-19-17-11-16(20-14(2)21-17)18-8-5-9-22-3/h4,6-7,10-11H,5,8-9,12H2,1-3H3,(H2,18,19,20,21). The van der Waals surface area contributed by atoms with E-state index in [-0.39, 0.29) is 0 Å². The highest BCUT2D eigenvalue weighted by molar-refractivity contribution is 5.47. The lowest BCUT2D eigenvalue weighted by Gasteiger charge is -2.10. The number of rotatable bonds is 8. The van der Waals surface area contributed by atoms with Crippen molar-refractivity contribution in [3.8, 4) is 0 Å². The molecule has 5 heteroatoms. The van der Waals surface area contributed by atoms with Crippen LogP contribution in [0.5, 0.6) is 0 Å². The quantitative estimate of drug-likeness (QED) is 0.733. The van der Waals surface area contributed by atoms with Gasteiger partial charge in [-0.2, -0.15) is 0 Å². The highest BCUT2D eigenvalue weighted by atomic mass is 16.5. The Hall–Kier alpha value is -2.14.